The molecule has 0 saturated carbocycles. The van der Waals surface area contributed by atoms with E-state index in [1.165, 1.54) is 12.7 Å². The van der Waals surface area contributed by atoms with Crippen LogP contribution < -0.4 is 5.32 Å². The number of amides is 1. The second kappa shape index (κ2) is 7.57. The Balaban J connectivity index is 1.65. The smallest absolute Gasteiger partial charge is 0.253 e. The molecule has 0 bridgehead atoms. The van der Waals surface area contributed by atoms with Crippen LogP contribution in [0.2, 0.25) is 0 Å². The van der Waals surface area contributed by atoms with Gasteiger partial charge in [-0.1, -0.05) is 0 Å². The molecule has 1 amide bonds. The maximum absolute atomic E-state index is 12.7. The summed E-state index contributed by atoms with van der Waals surface area (Å²) in [4.78, 5) is 18.7. The number of likely N-dealkylation sites (tertiary alicyclic amines) is 1. The van der Waals surface area contributed by atoms with Gasteiger partial charge in [0.25, 0.3) is 5.91 Å². The van der Waals surface area contributed by atoms with Gasteiger partial charge < -0.3 is 10.2 Å². The molecule has 0 radical (unpaired) electrons. The minimum Gasteiger partial charge on any atom is -0.339 e. The molecule has 1 aliphatic heterocycles. The van der Waals surface area contributed by atoms with Gasteiger partial charge in [0.2, 0.25) is 0 Å². The van der Waals surface area contributed by atoms with Crippen LogP contribution in [0.1, 0.15) is 35.2 Å². The van der Waals surface area contributed by atoms with Crippen molar-refractivity contribution in [2.75, 3.05) is 26.7 Å². The number of hydrogen-bond acceptors (Lipinski definition) is 4. The van der Waals surface area contributed by atoms with E-state index in [1.54, 1.807) is 11.0 Å². The third kappa shape index (κ3) is 3.64. The van der Waals surface area contributed by atoms with E-state index < -0.39 is 0 Å². The topological polar surface area (TPSA) is 63.1 Å². The zero-order valence-electron chi connectivity index (χ0n) is 14.4. The lowest BCUT2D eigenvalue weighted by atomic mass is 9.93. The van der Waals surface area contributed by atoms with E-state index in [-0.39, 0.29) is 5.91 Å². The Morgan fingerprint density at radius 2 is 2.12 bits per heavy atom. The molecule has 0 unspecified atom stereocenters. The molecule has 6 nitrogen and oxygen atoms in total. The molecule has 1 fully saturated rings. The van der Waals surface area contributed by atoms with E-state index in [1.807, 2.05) is 37.1 Å². The second-order valence-corrected chi connectivity index (χ2v) is 6.47. The number of nitrogens with zero attached hydrogens (tertiary/aromatic N) is 4. The number of piperidine rings is 1. The molecule has 6 heteroatoms. The lowest BCUT2D eigenvalue weighted by Gasteiger charge is -2.32. The number of benzene rings is 1. The van der Waals surface area contributed by atoms with Crippen LogP contribution in [0.15, 0.2) is 30.9 Å². The fourth-order valence-corrected chi connectivity index (χ4v) is 3.33. The highest BCUT2D eigenvalue weighted by molar-refractivity contribution is 5.94. The van der Waals surface area contributed by atoms with Crippen LogP contribution in [0.3, 0.4) is 0 Å². The van der Waals surface area contributed by atoms with Crippen LogP contribution in [0.4, 0.5) is 0 Å². The Hall–Kier alpha value is -2.21. The number of hydrogen-bond donors (Lipinski definition) is 1. The van der Waals surface area contributed by atoms with Crippen molar-refractivity contribution in [1.82, 2.24) is 25.0 Å². The third-order valence-corrected chi connectivity index (χ3v) is 4.81. The number of rotatable bonds is 5. The van der Waals surface area contributed by atoms with E-state index in [0.717, 1.165) is 55.2 Å². The molecule has 2 aromatic rings. The van der Waals surface area contributed by atoms with Gasteiger partial charge in [0.05, 0.1) is 5.69 Å². The summed E-state index contributed by atoms with van der Waals surface area (Å²) in [5.41, 5.74) is 2.73. The molecule has 1 aromatic carbocycles. The summed E-state index contributed by atoms with van der Waals surface area (Å²) in [6.45, 7) is 4.77. The third-order valence-electron chi connectivity index (χ3n) is 4.81. The predicted octanol–water partition coefficient (Wildman–Crippen LogP) is 2.04. The average molecular weight is 327 g/mol. The quantitative estimate of drug-likeness (QED) is 0.913. The Bertz CT molecular complexity index is 675. The van der Waals surface area contributed by atoms with Gasteiger partial charge in [-0.2, -0.15) is 5.10 Å². The summed E-state index contributed by atoms with van der Waals surface area (Å²) in [6, 6.07) is 5.78. The van der Waals surface area contributed by atoms with Gasteiger partial charge in [0.15, 0.2) is 0 Å². The first-order chi connectivity index (χ1) is 11.7. The van der Waals surface area contributed by atoms with Gasteiger partial charge in [0, 0.05) is 18.7 Å². The zero-order valence-corrected chi connectivity index (χ0v) is 14.4. The Labute approximate surface area is 142 Å². The van der Waals surface area contributed by atoms with Crippen molar-refractivity contribution in [1.29, 1.82) is 0 Å². The molecule has 1 aromatic heterocycles. The summed E-state index contributed by atoms with van der Waals surface area (Å²) in [5.74, 6) is 0.869. The highest BCUT2D eigenvalue weighted by atomic mass is 16.2. The van der Waals surface area contributed by atoms with Crippen LogP contribution in [-0.2, 0) is 0 Å². The van der Waals surface area contributed by atoms with Crippen molar-refractivity contribution in [2.45, 2.75) is 26.2 Å². The molecule has 1 saturated heterocycles. The molecule has 1 aliphatic rings. The van der Waals surface area contributed by atoms with Crippen LogP contribution in [0, 0.1) is 12.8 Å². The van der Waals surface area contributed by atoms with E-state index in [4.69, 9.17) is 0 Å². The molecular weight excluding hydrogens is 302 g/mol. The van der Waals surface area contributed by atoms with Gasteiger partial charge in [-0.25, -0.2) is 9.67 Å². The van der Waals surface area contributed by atoms with Gasteiger partial charge in [-0.05, 0) is 69.5 Å². The van der Waals surface area contributed by atoms with Crippen LogP contribution in [-0.4, -0.2) is 52.3 Å². The van der Waals surface area contributed by atoms with Gasteiger partial charge in [-0.3, -0.25) is 4.79 Å². The molecule has 0 aliphatic carbocycles. The normalized spacial score (nSPS) is 15.7. The highest BCUT2D eigenvalue weighted by Crippen LogP contribution is 2.22. The first-order valence-electron chi connectivity index (χ1n) is 8.58. The van der Waals surface area contributed by atoms with Crippen LogP contribution in [0.25, 0.3) is 5.69 Å². The van der Waals surface area contributed by atoms with E-state index in [2.05, 4.69) is 15.4 Å². The Morgan fingerprint density at radius 3 is 2.75 bits per heavy atom. The van der Waals surface area contributed by atoms with Crippen molar-refractivity contribution in [3.63, 3.8) is 0 Å². The highest BCUT2D eigenvalue weighted by Gasteiger charge is 2.23. The molecule has 0 spiro atoms. The molecule has 1 N–H and O–H groups in total. The monoisotopic (exact) mass is 327 g/mol. The Kier molecular flexibility index (Phi) is 5.25. The van der Waals surface area contributed by atoms with E-state index in [0.29, 0.717) is 0 Å². The first kappa shape index (κ1) is 16.6. The van der Waals surface area contributed by atoms with Crippen LogP contribution >= 0.6 is 0 Å². The molecule has 24 heavy (non-hydrogen) atoms. The van der Waals surface area contributed by atoms with Gasteiger partial charge >= 0.3 is 0 Å². The predicted molar refractivity (Wildman–Crippen MR) is 93.3 cm³/mol. The number of carbonyl (C=O) groups is 1. The number of nitrogens with one attached hydrogen (secondary N) is 1. The summed E-state index contributed by atoms with van der Waals surface area (Å²) in [6.07, 6.45) is 6.58. The molecular formula is C18H25N5O. The van der Waals surface area contributed by atoms with Gasteiger partial charge in [-0.15, -0.1) is 0 Å². The van der Waals surface area contributed by atoms with E-state index in [9.17, 15) is 4.79 Å². The summed E-state index contributed by atoms with van der Waals surface area (Å²) in [5, 5.41) is 7.36. The maximum Gasteiger partial charge on any atom is 0.253 e. The fourth-order valence-electron chi connectivity index (χ4n) is 3.33. The minimum atomic E-state index is 0.135. The second-order valence-electron chi connectivity index (χ2n) is 6.47. The van der Waals surface area contributed by atoms with Crippen molar-refractivity contribution < 1.29 is 4.79 Å². The average Bonchev–Trinajstić information content (AvgIpc) is 3.14. The minimum absolute atomic E-state index is 0.135. The molecule has 128 valence electrons. The summed E-state index contributed by atoms with van der Waals surface area (Å²) >= 11 is 0. The van der Waals surface area contributed by atoms with Gasteiger partial charge in [0.1, 0.15) is 12.7 Å². The SMILES string of the molecule is CNCCC1CCN(C(=O)c2ccc(-n3cncn3)c(C)c2)CC1. The first-order valence-corrected chi connectivity index (χ1v) is 8.58. The van der Waals surface area contributed by atoms with E-state index >= 15 is 0 Å². The molecule has 3 rings (SSSR count). The van der Waals surface area contributed by atoms with Crippen molar-refractivity contribution in [2.24, 2.45) is 5.92 Å². The number of aryl methyl sites for hydroxylation is 1. The maximum atomic E-state index is 12.7. The molecule has 0 atom stereocenters. The molecule has 2 heterocycles. The van der Waals surface area contributed by atoms with Crippen molar-refractivity contribution in [3.05, 3.63) is 42.0 Å². The van der Waals surface area contributed by atoms with Crippen LogP contribution in [0.5, 0.6) is 0 Å². The van der Waals surface area contributed by atoms with Crippen molar-refractivity contribution in [3.8, 4) is 5.69 Å². The summed E-state index contributed by atoms with van der Waals surface area (Å²) < 4.78 is 1.72. The number of carbonyl (C=O) groups excluding carboxylic acids is 1. The largest absolute Gasteiger partial charge is 0.339 e. The standard InChI is InChI=1S/C18H25N5O/c1-14-11-16(3-4-17(14)23-13-20-12-21-23)18(24)22-9-6-15(7-10-22)5-8-19-2/h3-4,11-13,15,19H,5-10H2,1-2H3. The van der Waals surface area contributed by atoms with Crippen molar-refractivity contribution >= 4 is 5.91 Å². The zero-order chi connectivity index (χ0) is 16.9. The fraction of sp³-hybridized carbons (Fsp3) is 0.500. The lowest BCUT2D eigenvalue weighted by molar-refractivity contribution is 0.0687. The lowest BCUT2D eigenvalue weighted by Crippen LogP contribution is -2.39. The summed E-state index contributed by atoms with van der Waals surface area (Å²) in [7, 11) is 1.99. The number of aromatic nitrogens is 3. The Morgan fingerprint density at radius 1 is 1.33 bits per heavy atom.